The van der Waals surface area contributed by atoms with E-state index < -0.39 is 30.8 Å². The fourth-order valence-electron chi connectivity index (χ4n) is 3.13. The largest absolute Gasteiger partial charge is 0.347 e. The summed E-state index contributed by atoms with van der Waals surface area (Å²) in [5, 5.41) is 10.4. The summed E-state index contributed by atoms with van der Waals surface area (Å²) in [5.41, 5.74) is 1.05. The maximum atomic E-state index is 13.7. The Labute approximate surface area is 155 Å². The summed E-state index contributed by atoms with van der Waals surface area (Å²) in [6, 6.07) is 8.73. The van der Waals surface area contributed by atoms with Crippen molar-refractivity contribution in [3.8, 4) is 0 Å². The molecule has 27 heavy (non-hydrogen) atoms. The highest BCUT2D eigenvalue weighted by Gasteiger charge is 2.46. The Kier molecular flexibility index (Phi) is 5.48. The molecule has 1 fully saturated rings. The predicted molar refractivity (Wildman–Crippen MR) is 93.0 cm³/mol. The van der Waals surface area contributed by atoms with Crippen LogP contribution in [0.5, 0.6) is 0 Å². The molecule has 0 spiro atoms. The molecule has 1 N–H and O–H groups in total. The number of benzene rings is 1. The van der Waals surface area contributed by atoms with E-state index >= 15 is 0 Å². The number of carbonyl (C=O) groups excluding carboxylic acids is 2. The van der Waals surface area contributed by atoms with Crippen LogP contribution < -0.4 is 5.32 Å². The van der Waals surface area contributed by atoms with E-state index in [4.69, 9.17) is 0 Å². The van der Waals surface area contributed by atoms with Gasteiger partial charge in [-0.1, -0.05) is 42.5 Å². The summed E-state index contributed by atoms with van der Waals surface area (Å²) >= 11 is 0. The molecule has 2 amide bonds. The molecule has 0 saturated carbocycles. The van der Waals surface area contributed by atoms with Gasteiger partial charge in [-0.3, -0.25) is 9.59 Å². The van der Waals surface area contributed by atoms with Crippen molar-refractivity contribution in [2.45, 2.75) is 44.8 Å². The van der Waals surface area contributed by atoms with Crippen molar-refractivity contribution in [2.24, 2.45) is 0 Å². The molecule has 1 aliphatic rings. The highest BCUT2D eigenvalue weighted by atomic mass is 19.3. The smallest absolute Gasteiger partial charge is 0.273 e. The third-order valence-corrected chi connectivity index (χ3v) is 4.46. The van der Waals surface area contributed by atoms with Crippen molar-refractivity contribution in [2.75, 3.05) is 6.54 Å². The first-order valence-electron chi connectivity index (χ1n) is 8.77. The van der Waals surface area contributed by atoms with Crippen LogP contribution in [-0.2, 0) is 17.9 Å². The third kappa shape index (κ3) is 4.66. The lowest BCUT2D eigenvalue weighted by molar-refractivity contribution is -0.133. The third-order valence-electron chi connectivity index (χ3n) is 4.46. The van der Waals surface area contributed by atoms with Gasteiger partial charge in [0.05, 0.1) is 25.3 Å². The quantitative estimate of drug-likeness (QED) is 0.833. The highest BCUT2D eigenvalue weighted by molar-refractivity contribution is 5.91. The summed E-state index contributed by atoms with van der Waals surface area (Å²) in [6.07, 6.45) is 1.15. The van der Waals surface area contributed by atoms with E-state index in [1.165, 1.54) is 15.8 Å². The van der Waals surface area contributed by atoms with Crippen LogP contribution in [0.25, 0.3) is 0 Å². The molecule has 1 aliphatic heterocycles. The van der Waals surface area contributed by atoms with Crippen LogP contribution in [0, 0.1) is 0 Å². The first kappa shape index (κ1) is 18.9. The number of nitrogens with zero attached hydrogens (tertiary/aromatic N) is 4. The lowest BCUT2D eigenvalue weighted by Crippen LogP contribution is -2.38. The van der Waals surface area contributed by atoms with Crippen LogP contribution in [0.15, 0.2) is 36.5 Å². The minimum atomic E-state index is -2.91. The van der Waals surface area contributed by atoms with E-state index in [0.717, 1.165) is 5.56 Å². The van der Waals surface area contributed by atoms with Gasteiger partial charge in [0.15, 0.2) is 5.69 Å². The van der Waals surface area contributed by atoms with Gasteiger partial charge in [-0.05, 0) is 5.56 Å². The monoisotopic (exact) mass is 377 g/mol. The number of likely N-dealkylation sites (tertiary alicyclic amines) is 1. The Morgan fingerprint density at radius 1 is 1.30 bits per heavy atom. The van der Waals surface area contributed by atoms with Crippen molar-refractivity contribution >= 4 is 11.8 Å². The second kappa shape index (κ2) is 7.81. The topological polar surface area (TPSA) is 80.1 Å². The molecule has 9 heteroatoms. The number of aromatic nitrogens is 3. The molecular weight excluding hydrogens is 356 g/mol. The zero-order chi connectivity index (χ0) is 19.4. The molecule has 2 aromatic rings. The minimum Gasteiger partial charge on any atom is -0.347 e. The van der Waals surface area contributed by atoms with Crippen LogP contribution >= 0.6 is 0 Å². The van der Waals surface area contributed by atoms with Crippen molar-refractivity contribution in [3.63, 3.8) is 0 Å². The number of halogens is 2. The van der Waals surface area contributed by atoms with Gasteiger partial charge >= 0.3 is 0 Å². The normalized spacial score (nSPS) is 18.5. The Morgan fingerprint density at radius 2 is 2.04 bits per heavy atom. The number of hydrogen-bond acceptors (Lipinski definition) is 4. The van der Waals surface area contributed by atoms with Crippen LogP contribution in [0.4, 0.5) is 8.78 Å². The Bertz CT molecular complexity index is 809. The number of hydrogen-bond donors (Lipinski definition) is 1. The number of carbonyl (C=O) groups is 2. The van der Waals surface area contributed by atoms with Gasteiger partial charge in [-0.15, -0.1) is 5.10 Å². The van der Waals surface area contributed by atoms with Crippen molar-refractivity contribution in [1.29, 1.82) is 0 Å². The average molecular weight is 377 g/mol. The fourth-order valence-corrected chi connectivity index (χ4v) is 3.13. The van der Waals surface area contributed by atoms with Gasteiger partial charge in [0.2, 0.25) is 5.91 Å². The molecule has 1 aromatic carbocycles. The van der Waals surface area contributed by atoms with Crippen molar-refractivity contribution in [1.82, 2.24) is 25.2 Å². The molecule has 1 saturated heterocycles. The van der Waals surface area contributed by atoms with Gasteiger partial charge in [-0.25, -0.2) is 13.5 Å². The highest BCUT2D eigenvalue weighted by Crippen LogP contribution is 2.33. The Morgan fingerprint density at radius 3 is 2.74 bits per heavy atom. The Balaban J connectivity index is 1.61. The van der Waals surface area contributed by atoms with Gasteiger partial charge in [0.1, 0.15) is 0 Å². The summed E-state index contributed by atoms with van der Waals surface area (Å²) in [4.78, 5) is 25.3. The summed E-state index contributed by atoms with van der Waals surface area (Å²) in [5.74, 6) is -3.63. The molecule has 7 nitrogen and oxygen atoms in total. The van der Waals surface area contributed by atoms with E-state index in [-0.39, 0.29) is 24.6 Å². The predicted octanol–water partition coefficient (Wildman–Crippen LogP) is 1.85. The first-order valence-corrected chi connectivity index (χ1v) is 8.77. The molecule has 0 unspecified atom stereocenters. The van der Waals surface area contributed by atoms with E-state index in [2.05, 4.69) is 15.6 Å². The van der Waals surface area contributed by atoms with E-state index in [0.29, 0.717) is 6.54 Å². The Hall–Kier alpha value is -2.84. The standard InChI is InChI=1S/C18H21F2N5O2/c1-2-16(26)25-12-18(19,20)8-14(25)10-24-11-15(22-23-24)17(27)21-9-13-6-4-3-5-7-13/h3-7,11,14H,2,8-10,12H2,1H3,(H,21,27)/t14-/m0/s1. The summed E-state index contributed by atoms with van der Waals surface area (Å²) < 4.78 is 28.8. The zero-order valence-electron chi connectivity index (χ0n) is 14.9. The molecule has 1 aromatic heterocycles. The molecule has 2 heterocycles. The molecule has 1 atom stereocenters. The zero-order valence-corrected chi connectivity index (χ0v) is 14.9. The van der Waals surface area contributed by atoms with Gasteiger partial charge in [0.25, 0.3) is 11.8 Å². The molecule has 3 rings (SSSR count). The van der Waals surface area contributed by atoms with Gasteiger partial charge < -0.3 is 10.2 Å². The van der Waals surface area contributed by atoms with Crippen LogP contribution in [0.2, 0.25) is 0 Å². The first-order chi connectivity index (χ1) is 12.9. The van der Waals surface area contributed by atoms with Gasteiger partial charge in [-0.2, -0.15) is 0 Å². The van der Waals surface area contributed by atoms with Crippen LogP contribution in [-0.4, -0.2) is 50.2 Å². The van der Waals surface area contributed by atoms with Crippen molar-refractivity contribution in [3.05, 3.63) is 47.8 Å². The lowest BCUT2D eigenvalue weighted by Gasteiger charge is -2.23. The molecular formula is C18H21F2N5O2. The second-order valence-electron chi connectivity index (χ2n) is 6.58. The maximum absolute atomic E-state index is 13.7. The number of nitrogens with one attached hydrogen (secondary N) is 1. The minimum absolute atomic E-state index is 0.0697. The summed E-state index contributed by atoms with van der Waals surface area (Å²) in [6.45, 7) is 1.48. The summed E-state index contributed by atoms with van der Waals surface area (Å²) in [7, 11) is 0. The molecule has 0 bridgehead atoms. The number of alkyl halides is 2. The van der Waals surface area contributed by atoms with Crippen molar-refractivity contribution < 1.29 is 18.4 Å². The molecule has 144 valence electrons. The van der Waals surface area contributed by atoms with Crippen LogP contribution in [0.1, 0.15) is 35.8 Å². The van der Waals surface area contributed by atoms with E-state index in [9.17, 15) is 18.4 Å². The second-order valence-corrected chi connectivity index (χ2v) is 6.58. The van der Waals surface area contributed by atoms with Gasteiger partial charge in [0, 0.05) is 19.4 Å². The van der Waals surface area contributed by atoms with E-state index in [1.54, 1.807) is 6.92 Å². The SMILES string of the molecule is CCC(=O)N1CC(F)(F)C[C@H]1Cn1cc(C(=O)NCc2ccccc2)nn1. The number of amides is 2. The molecule has 0 radical (unpaired) electrons. The fraction of sp³-hybridized carbons (Fsp3) is 0.444. The van der Waals surface area contributed by atoms with E-state index in [1.807, 2.05) is 30.3 Å². The lowest BCUT2D eigenvalue weighted by atomic mass is 10.2. The average Bonchev–Trinajstić information content (AvgIpc) is 3.24. The number of rotatable bonds is 6. The van der Waals surface area contributed by atoms with Crippen LogP contribution in [0.3, 0.4) is 0 Å². The molecule has 0 aliphatic carbocycles. The maximum Gasteiger partial charge on any atom is 0.273 e.